The number of para-hydroxylation sites is 1. The van der Waals surface area contributed by atoms with Crippen molar-refractivity contribution in [2.24, 2.45) is 5.10 Å². The van der Waals surface area contributed by atoms with Crippen LogP contribution in [0.3, 0.4) is 0 Å². The van der Waals surface area contributed by atoms with E-state index in [0.717, 1.165) is 18.4 Å². The molecule has 0 aromatic heterocycles. The number of benzene rings is 3. The van der Waals surface area contributed by atoms with E-state index in [-0.39, 0.29) is 12.5 Å². The highest BCUT2D eigenvalue weighted by atomic mass is 127. The molecule has 0 aliphatic rings. The number of aryl methyl sites for hydroxylation is 1. The number of hydrazone groups is 1. The number of hydrogen-bond donors (Lipinski definition) is 3. The van der Waals surface area contributed by atoms with Crippen LogP contribution in [0.5, 0.6) is 17.2 Å². The summed E-state index contributed by atoms with van der Waals surface area (Å²) in [5, 5.41) is 9.19. The number of rotatable bonds is 12. The highest BCUT2D eigenvalue weighted by Gasteiger charge is 2.15. The van der Waals surface area contributed by atoms with Crippen LogP contribution in [0, 0.1) is 10.5 Å². The normalized spacial score (nSPS) is 10.6. The van der Waals surface area contributed by atoms with Crippen molar-refractivity contribution in [2.45, 2.75) is 26.7 Å². The van der Waals surface area contributed by atoms with Gasteiger partial charge in [-0.1, -0.05) is 31.5 Å². The van der Waals surface area contributed by atoms with Gasteiger partial charge in [0.25, 0.3) is 5.91 Å². The number of carbonyl (C=O) groups excluding carboxylic acids is 3. The lowest BCUT2D eigenvalue weighted by Crippen LogP contribution is -2.32. The molecule has 210 valence electrons. The van der Waals surface area contributed by atoms with E-state index in [9.17, 15) is 14.4 Å². The average molecular weight is 658 g/mol. The number of halogens is 1. The summed E-state index contributed by atoms with van der Waals surface area (Å²) in [6.45, 7) is 4.39. The lowest BCUT2D eigenvalue weighted by atomic mass is 10.2. The van der Waals surface area contributed by atoms with E-state index in [1.165, 1.54) is 13.3 Å². The zero-order valence-electron chi connectivity index (χ0n) is 22.5. The largest absolute Gasteiger partial charge is 0.494 e. The predicted molar refractivity (Wildman–Crippen MR) is 162 cm³/mol. The molecule has 3 rings (SSSR count). The van der Waals surface area contributed by atoms with Gasteiger partial charge in [-0.05, 0) is 89.5 Å². The van der Waals surface area contributed by atoms with Crippen molar-refractivity contribution >= 4 is 57.9 Å². The van der Waals surface area contributed by atoms with Crippen LogP contribution in [0.25, 0.3) is 0 Å². The highest BCUT2D eigenvalue weighted by Crippen LogP contribution is 2.33. The van der Waals surface area contributed by atoms with E-state index in [1.807, 2.05) is 31.2 Å². The molecule has 0 spiro atoms. The Morgan fingerprint density at radius 1 is 0.975 bits per heavy atom. The summed E-state index contributed by atoms with van der Waals surface area (Å²) in [5.41, 5.74) is 4.89. The first kappa shape index (κ1) is 30.4. The van der Waals surface area contributed by atoms with Crippen LogP contribution in [-0.4, -0.2) is 44.3 Å². The zero-order valence-corrected chi connectivity index (χ0v) is 24.6. The average Bonchev–Trinajstić information content (AvgIpc) is 2.94. The van der Waals surface area contributed by atoms with Gasteiger partial charge in [0.1, 0.15) is 5.75 Å². The van der Waals surface area contributed by atoms with Crippen LogP contribution < -0.4 is 30.3 Å². The lowest BCUT2D eigenvalue weighted by Gasteiger charge is -2.14. The lowest BCUT2D eigenvalue weighted by molar-refractivity contribution is -0.136. The van der Waals surface area contributed by atoms with Gasteiger partial charge in [0.05, 0.1) is 23.5 Å². The molecule has 0 radical (unpaired) electrons. The fraction of sp³-hybridized carbons (Fsp3) is 0.241. The van der Waals surface area contributed by atoms with Crippen LogP contribution in [-0.2, 0) is 14.4 Å². The van der Waals surface area contributed by atoms with Crippen molar-refractivity contribution < 1.29 is 28.6 Å². The SMILES string of the molecule is CCCCOc1ccc(NC(=O)C(=O)N/N=C\c2cc(I)c(OCC(=O)Nc3ccccc3C)c(OC)c2)cc1. The summed E-state index contributed by atoms with van der Waals surface area (Å²) in [5.74, 6) is -0.645. The first-order chi connectivity index (χ1) is 19.3. The van der Waals surface area contributed by atoms with Gasteiger partial charge in [-0.25, -0.2) is 5.43 Å². The smallest absolute Gasteiger partial charge is 0.329 e. The summed E-state index contributed by atoms with van der Waals surface area (Å²) in [6, 6.07) is 17.6. The molecular weight excluding hydrogens is 627 g/mol. The van der Waals surface area contributed by atoms with E-state index in [1.54, 1.807) is 36.4 Å². The summed E-state index contributed by atoms with van der Waals surface area (Å²) in [6.07, 6.45) is 3.36. The van der Waals surface area contributed by atoms with Crippen molar-refractivity contribution in [3.63, 3.8) is 0 Å². The summed E-state index contributed by atoms with van der Waals surface area (Å²) in [4.78, 5) is 36.8. The van der Waals surface area contributed by atoms with Crippen molar-refractivity contribution in [1.29, 1.82) is 0 Å². The molecule has 3 amide bonds. The molecule has 11 heteroatoms. The number of nitrogens with zero attached hydrogens (tertiary/aromatic N) is 1. The molecule has 0 saturated heterocycles. The summed E-state index contributed by atoms with van der Waals surface area (Å²) in [7, 11) is 1.47. The molecule has 0 fully saturated rings. The highest BCUT2D eigenvalue weighted by molar-refractivity contribution is 14.1. The van der Waals surface area contributed by atoms with E-state index in [2.05, 4.69) is 50.7 Å². The van der Waals surface area contributed by atoms with Crippen molar-refractivity contribution in [2.75, 3.05) is 31.0 Å². The van der Waals surface area contributed by atoms with Crippen molar-refractivity contribution in [1.82, 2.24) is 5.43 Å². The molecule has 0 aliphatic heterocycles. The number of methoxy groups -OCH3 is 1. The van der Waals surface area contributed by atoms with Crippen molar-refractivity contribution in [3.05, 3.63) is 75.4 Å². The molecule has 0 bridgehead atoms. The Hall–Kier alpha value is -4.13. The van der Waals surface area contributed by atoms with Crippen LogP contribution in [0.1, 0.15) is 30.9 Å². The summed E-state index contributed by atoms with van der Waals surface area (Å²) < 4.78 is 17.4. The molecule has 0 unspecified atom stereocenters. The number of anilines is 2. The fourth-order valence-electron chi connectivity index (χ4n) is 3.36. The molecule has 0 saturated carbocycles. The number of ether oxygens (including phenoxy) is 3. The summed E-state index contributed by atoms with van der Waals surface area (Å²) >= 11 is 2.05. The third-order valence-electron chi connectivity index (χ3n) is 5.48. The molecular formula is C29H31IN4O6. The van der Waals surface area contributed by atoms with Gasteiger partial charge in [0.15, 0.2) is 18.1 Å². The monoisotopic (exact) mass is 658 g/mol. The minimum absolute atomic E-state index is 0.214. The molecule has 3 aromatic carbocycles. The zero-order chi connectivity index (χ0) is 28.9. The van der Waals surface area contributed by atoms with Gasteiger partial charge < -0.3 is 24.8 Å². The molecule has 0 atom stereocenters. The number of unbranched alkanes of at least 4 members (excludes halogenated alkanes) is 1. The fourth-order valence-corrected chi connectivity index (χ4v) is 4.15. The molecule has 3 N–H and O–H groups in total. The predicted octanol–water partition coefficient (Wildman–Crippen LogP) is 4.89. The number of carbonyl (C=O) groups is 3. The van der Waals surface area contributed by atoms with E-state index in [4.69, 9.17) is 14.2 Å². The Morgan fingerprint density at radius 2 is 1.73 bits per heavy atom. The maximum absolute atomic E-state index is 12.4. The molecule has 3 aromatic rings. The Morgan fingerprint density at radius 3 is 2.42 bits per heavy atom. The minimum Gasteiger partial charge on any atom is -0.494 e. The third-order valence-corrected chi connectivity index (χ3v) is 6.28. The maximum atomic E-state index is 12.4. The number of amides is 3. The minimum atomic E-state index is -0.930. The second kappa shape index (κ2) is 15.5. The van der Waals surface area contributed by atoms with Crippen LogP contribution in [0.2, 0.25) is 0 Å². The number of hydrogen-bond acceptors (Lipinski definition) is 7. The molecule has 40 heavy (non-hydrogen) atoms. The first-order valence-corrected chi connectivity index (χ1v) is 13.6. The van der Waals surface area contributed by atoms with Crippen LogP contribution in [0.4, 0.5) is 11.4 Å². The Kier molecular flexibility index (Phi) is 11.8. The van der Waals surface area contributed by atoms with Gasteiger partial charge in [-0.3, -0.25) is 14.4 Å². The topological polar surface area (TPSA) is 127 Å². The Balaban J connectivity index is 1.53. The second-order valence-corrected chi connectivity index (χ2v) is 9.73. The van der Waals surface area contributed by atoms with Gasteiger partial charge in [-0.15, -0.1) is 0 Å². The molecule has 0 heterocycles. The van der Waals surface area contributed by atoms with Crippen molar-refractivity contribution in [3.8, 4) is 17.2 Å². The third kappa shape index (κ3) is 9.26. The first-order valence-electron chi connectivity index (χ1n) is 12.5. The van der Waals surface area contributed by atoms with E-state index in [0.29, 0.717) is 44.4 Å². The van der Waals surface area contributed by atoms with Gasteiger partial charge >= 0.3 is 11.8 Å². The Labute approximate surface area is 246 Å². The Bertz CT molecular complexity index is 1360. The maximum Gasteiger partial charge on any atom is 0.329 e. The van der Waals surface area contributed by atoms with Crippen LogP contribution >= 0.6 is 22.6 Å². The van der Waals surface area contributed by atoms with Gasteiger partial charge in [0.2, 0.25) is 0 Å². The van der Waals surface area contributed by atoms with Crippen LogP contribution in [0.15, 0.2) is 65.8 Å². The number of nitrogens with one attached hydrogen (secondary N) is 3. The van der Waals surface area contributed by atoms with Gasteiger partial charge in [0, 0.05) is 11.4 Å². The quantitative estimate of drug-likeness (QED) is 0.0837. The van der Waals surface area contributed by atoms with E-state index >= 15 is 0 Å². The van der Waals surface area contributed by atoms with E-state index < -0.39 is 11.8 Å². The van der Waals surface area contributed by atoms with Gasteiger partial charge in [-0.2, -0.15) is 5.10 Å². The molecule has 10 nitrogen and oxygen atoms in total. The second-order valence-electron chi connectivity index (χ2n) is 8.57. The molecule has 0 aliphatic carbocycles. The standard InChI is InChI=1S/C29H31IN4O6/c1-4-5-14-39-22-12-10-21(11-13-22)32-28(36)29(37)34-31-17-20-15-23(30)27(25(16-20)38-3)40-18-26(35)33-24-9-7-6-8-19(24)2/h6-13,15-17H,4-5,14,18H2,1-3H3,(H,32,36)(H,33,35)(H,34,37)/b31-17-.